The minimum absolute atomic E-state index is 0.156. The van der Waals surface area contributed by atoms with Gasteiger partial charge >= 0.3 is 5.97 Å². The first-order valence-corrected chi connectivity index (χ1v) is 9.20. The Labute approximate surface area is 171 Å². The molecule has 1 aliphatic rings. The summed E-state index contributed by atoms with van der Waals surface area (Å²) in [5.41, 5.74) is 3.46. The van der Waals surface area contributed by atoms with E-state index in [9.17, 15) is 4.79 Å². The van der Waals surface area contributed by atoms with E-state index in [1.54, 1.807) is 5.01 Å². The first-order valence-electron chi connectivity index (χ1n) is 9.20. The van der Waals surface area contributed by atoms with Crippen LogP contribution >= 0.6 is 0 Å². The third kappa shape index (κ3) is 4.01. The van der Waals surface area contributed by atoms with E-state index in [0.717, 1.165) is 35.2 Å². The average Bonchev–Trinajstić information content (AvgIpc) is 3.56. The van der Waals surface area contributed by atoms with Gasteiger partial charge in [-0.05, 0) is 48.2 Å². The molecule has 1 aliphatic carbocycles. The lowest BCUT2D eigenvalue weighted by Crippen LogP contribution is -2.26. The van der Waals surface area contributed by atoms with Crippen LogP contribution in [-0.4, -0.2) is 26.9 Å². The number of nitrogens with zero attached hydrogens (tertiary/aromatic N) is 2. The topological polar surface area (TPSA) is 63.2 Å². The number of benzene rings is 2. The minimum atomic E-state index is -0.452. The van der Waals surface area contributed by atoms with E-state index < -0.39 is 5.41 Å². The summed E-state index contributed by atoms with van der Waals surface area (Å²) in [7, 11) is 2.96. The molecule has 2 aromatic rings. The van der Waals surface area contributed by atoms with Gasteiger partial charge in [-0.3, -0.25) is 4.79 Å². The molecule has 1 N–H and O–H groups in total. The number of rotatable bonds is 9. The van der Waals surface area contributed by atoms with Crippen LogP contribution in [0.2, 0.25) is 0 Å². The highest BCUT2D eigenvalue weighted by Gasteiger charge is 2.52. The van der Waals surface area contributed by atoms with Crippen LogP contribution in [0, 0.1) is 0 Å². The van der Waals surface area contributed by atoms with Crippen molar-refractivity contribution in [3.63, 3.8) is 0 Å². The molecule has 1 fully saturated rings. The van der Waals surface area contributed by atoms with Crippen molar-refractivity contribution in [3.05, 3.63) is 79.0 Å². The predicted octanol–water partition coefficient (Wildman–Crippen LogP) is 4.16. The van der Waals surface area contributed by atoms with Crippen LogP contribution in [0.3, 0.4) is 0 Å². The molecule has 0 unspecified atom stereocenters. The first kappa shape index (κ1) is 20.2. The van der Waals surface area contributed by atoms with Gasteiger partial charge in [0.2, 0.25) is 0 Å². The van der Waals surface area contributed by atoms with Gasteiger partial charge in [0.15, 0.2) is 5.88 Å². The molecular formula is C23H25N3O3. The number of carbonyl (C=O) groups excluding carboxylic acids is 1. The zero-order valence-electron chi connectivity index (χ0n) is 16.8. The summed E-state index contributed by atoms with van der Waals surface area (Å²) < 4.78 is 9.96. The second-order valence-electron chi connectivity index (χ2n) is 6.85. The van der Waals surface area contributed by atoms with E-state index in [0.29, 0.717) is 11.7 Å². The molecule has 0 aliphatic heterocycles. The van der Waals surface area contributed by atoms with Crippen molar-refractivity contribution in [3.8, 4) is 11.1 Å². The number of nitrogens with one attached hydrogen (secondary N) is 1. The van der Waals surface area contributed by atoms with Crippen LogP contribution in [0.5, 0.6) is 0 Å². The largest absolute Gasteiger partial charge is 0.483 e. The number of esters is 1. The van der Waals surface area contributed by atoms with Gasteiger partial charge in [0.1, 0.15) is 5.82 Å². The molecule has 3 rings (SSSR count). The minimum Gasteiger partial charge on any atom is -0.483 e. The third-order valence-corrected chi connectivity index (χ3v) is 5.14. The molecule has 0 radical (unpaired) electrons. The summed E-state index contributed by atoms with van der Waals surface area (Å²) in [5, 5.41) is 8.47. The first-order chi connectivity index (χ1) is 13.9. The van der Waals surface area contributed by atoms with Gasteiger partial charge in [-0.1, -0.05) is 43.0 Å². The summed E-state index contributed by atoms with van der Waals surface area (Å²) in [6.07, 6.45) is 1.68. The second-order valence-corrected chi connectivity index (χ2v) is 6.85. The lowest BCUT2D eigenvalue weighted by molar-refractivity contribution is -0.143. The molecule has 0 spiro atoms. The molecule has 0 bridgehead atoms. The van der Waals surface area contributed by atoms with Crippen molar-refractivity contribution in [2.45, 2.75) is 18.3 Å². The van der Waals surface area contributed by atoms with Gasteiger partial charge < -0.3 is 14.8 Å². The summed E-state index contributed by atoms with van der Waals surface area (Å²) in [4.78, 5) is 12.1. The Kier molecular flexibility index (Phi) is 5.73. The highest BCUT2D eigenvalue weighted by atomic mass is 16.5. The number of hydrazone groups is 1. The number of hydrogen-bond acceptors (Lipinski definition) is 6. The van der Waals surface area contributed by atoms with Crippen molar-refractivity contribution in [2.24, 2.45) is 5.10 Å². The molecule has 150 valence electrons. The summed E-state index contributed by atoms with van der Waals surface area (Å²) in [5.74, 6) is 0.679. The summed E-state index contributed by atoms with van der Waals surface area (Å²) in [6, 6.07) is 15.9. The van der Waals surface area contributed by atoms with Gasteiger partial charge in [-0.25, -0.2) is 5.01 Å². The predicted molar refractivity (Wildman–Crippen MR) is 115 cm³/mol. The van der Waals surface area contributed by atoms with Gasteiger partial charge in [-0.15, -0.1) is 0 Å². The molecule has 0 amide bonds. The molecule has 6 nitrogen and oxygen atoms in total. The van der Waals surface area contributed by atoms with Crippen molar-refractivity contribution < 1.29 is 14.3 Å². The molecule has 1 saturated carbocycles. The second kappa shape index (κ2) is 8.22. The van der Waals surface area contributed by atoms with Crippen molar-refractivity contribution in [1.82, 2.24) is 5.32 Å². The smallest absolute Gasteiger partial charge is 0.316 e. The van der Waals surface area contributed by atoms with E-state index >= 15 is 0 Å². The number of anilines is 1. The fourth-order valence-electron chi connectivity index (χ4n) is 3.30. The number of hydrogen-bond donors (Lipinski definition) is 1. The Morgan fingerprint density at radius 3 is 2.00 bits per heavy atom. The summed E-state index contributed by atoms with van der Waals surface area (Å²) in [6.45, 7) is 11.2. The monoisotopic (exact) mass is 391 g/mol. The molecule has 0 saturated heterocycles. The maximum atomic E-state index is 12.1. The van der Waals surface area contributed by atoms with Crippen LogP contribution in [-0.2, 0) is 19.7 Å². The van der Waals surface area contributed by atoms with Crippen LogP contribution < -0.4 is 10.3 Å². The zero-order valence-corrected chi connectivity index (χ0v) is 16.8. The molecule has 6 heteroatoms. The lowest BCUT2D eigenvalue weighted by atomic mass is 9.94. The van der Waals surface area contributed by atoms with Crippen molar-refractivity contribution in [2.75, 3.05) is 19.2 Å². The van der Waals surface area contributed by atoms with E-state index in [1.807, 2.05) is 48.5 Å². The normalized spacial score (nSPS) is 13.7. The lowest BCUT2D eigenvalue weighted by Gasteiger charge is -2.22. The molecule has 0 heterocycles. The summed E-state index contributed by atoms with van der Waals surface area (Å²) >= 11 is 0. The molecule has 2 aromatic carbocycles. The Bertz CT molecular complexity index is 929. The van der Waals surface area contributed by atoms with Gasteiger partial charge in [0.05, 0.1) is 25.3 Å². The van der Waals surface area contributed by atoms with Gasteiger partial charge in [-0.2, -0.15) is 5.10 Å². The van der Waals surface area contributed by atoms with Crippen LogP contribution in [0.25, 0.3) is 11.1 Å². The Balaban J connectivity index is 1.76. The maximum Gasteiger partial charge on any atom is 0.316 e. The standard InChI is InChI=1S/C23H25N3O3/c1-16(25-17(2)28-4)26(24-3)21-12-8-19(9-13-21)18-6-10-20(11-7-18)23(14-15-23)22(27)29-5/h6-13,25H,1-3,14-15H2,4-5H3. The van der Waals surface area contributed by atoms with E-state index in [2.05, 4.69) is 30.3 Å². The third-order valence-electron chi connectivity index (χ3n) is 5.14. The van der Waals surface area contributed by atoms with Crippen molar-refractivity contribution >= 4 is 18.4 Å². The number of ether oxygens (including phenoxy) is 2. The van der Waals surface area contributed by atoms with Crippen LogP contribution in [0.15, 0.2) is 78.5 Å². The van der Waals surface area contributed by atoms with Gasteiger partial charge in [0, 0.05) is 6.72 Å². The molecular weight excluding hydrogens is 366 g/mol. The fourth-order valence-corrected chi connectivity index (χ4v) is 3.30. The Morgan fingerprint density at radius 2 is 1.55 bits per heavy atom. The Hall–Kier alpha value is -3.54. The Morgan fingerprint density at radius 1 is 1.00 bits per heavy atom. The van der Waals surface area contributed by atoms with Crippen LogP contribution in [0.4, 0.5) is 5.69 Å². The fraction of sp³-hybridized carbons (Fsp3) is 0.217. The molecule has 0 aromatic heterocycles. The number of carbonyl (C=O) groups is 1. The SMILES string of the molecule is C=NN(C(=C)NC(=C)OC)c1ccc(-c2ccc(C3(C(=O)OC)CC3)cc2)cc1. The number of methoxy groups -OCH3 is 2. The molecule has 29 heavy (non-hydrogen) atoms. The molecule has 0 atom stereocenters. The van der Waals surface area contributed by atoms with E-state index in [-0.39, 0.29) is 5.97 Å². The highest BCUT2D eigenvalue weighted by Crippen LogP contribution is 2.49. The zero-order chi connectivity index (χ0) is 21.0. The highest BCUT2D eigenvalue weighted by molar-refractivity contribution is 5.86. The van der Waals surface area contributed by atoms with Gasteiger partial charge in [0.25, 0.3) is 0 Å². The quantitative estimate of drug-likeness (QED) is 0.301. The maximum absolute atomic E-state index is 12.1. The van der Waals surface area contributed by atoms with E-state index in [1.165, 1.54) is 14.2 Å². The van der Waals surface area contributed by atoms with E-state index in [4.69, 9.17) is 9.47 Å². The van der Waals surface area contributed by atoms with Crippen molar-refractivity contribution in [1.29, 1.82) is 0 Å². The average molecular weight is 391 g/mol. The van der Waals surface area contributed by atoms with Crippen LogP contribution in [0.1, 0.15) is 18.4 Å².